The molecule has 0 fully saturated rings. The summed E-state index contributed by atoms with van der Waals surface area (Å²) < 4.78 is 0.710. The van der Waals surface area contributed by atoms with Gasteiger partial charge in [0.05, 0.1) is 5.56 Å². The third-order valence-corrected chi connectivity index (χ3v) is 3.58. The number of H-pyrrole nitrogens is 1. The maximum absolute atomic E-state index is 12.0. The van der Waals surface area contributed by atoms with E-state index in [1.807, 2.05) is 0 Å². The third kappa shape index (κ3) is 3.55. The highest BCUT2D eigenvalue weighted by molar-refractivity contribution is 6.32. The molecule has 1 aliphatic heterocycles. The minimum atomic E-state index is -1.16. The number of rotatable bonds is 4. The van der Waals surface area contributed by atoms with E-state index in [1.54, 1.807) is 32.1 Å². The van der Waals surface area contributed by atoms with E-state index in [0.717, 1.165) is 0 Å². The summed E-state index contributed by atoms with van der Waals surface area (Å²) in [5.41, 5.74) is 11.2. The second-order valence-corrected chi connectivity index (χ2v) is 5.34. The van der Waals surface area contributed by atoms with Crippen molar-refractivity contribution in [3.8, 4) is 0 Å². The largest absolute Gasteiger partial charge is 0.367 e. The fraction of sp³-hybridized carbons (Fsp3) is 0.188. The Hall–Kier alpha value is -3.49. The van der Waals surface area contributed by atoms with E-state index in [4.69, 9.17) is 11.5 Å². The molecule has 1 aromatic rings. The summed E-state index contributed by atoms with van der Waals surface area (Å²) in [6.45, 7) is 3.25. The molecule has 2 heterocycles. The average molecular weight is 343 g/mol. The van der Waals surface area contributed by atoms with E-state index in [9.17, 15) is 19.2 Å². The SMILES string of the molecule is CC1=NC(C(N)=O)C(=O)/C1=C/C=C/C=C/c1c(C)[nH]n(C(N)=O)c1=O. The van der Waals surface area contributed by atoms with Crippen molar-refractivity contribution in [2.75, 3.05) is 0 Å². The molecule has 0 bridgehead atoms. The predicted octanol–water partition coefficient (Wildman–Crippen LogP) is -0.195. The van der Waals surface area contributed by atoms with Crippen molar-refractivity contribution in [1.29, 1.82) is 0 Å². The van der Waals surface area contributed by atoms with E-state index in [-0.39, 0.29) is 0 Å². The Balaban J connectivity index is 2.15. The molecule has 9 heteroatoms. The quantitative estimate of drug-likeness (QED) is 0.393. The molecule has 130 valence electrons. The molecule has 0 saturated heterocycles. The molecule has 25 heavy (non-hydrogen) atoms. The first-order chi connectivity index (χ1) is 11.7. The number of Topliss-reactive ketones (excluding diaryl/α,β-unsaturated/α-hetero) is 1. The van der Waals surface area contributed by atoms with Crippen molar-refractivity contribution < 1.29 is 14.4 Å². The Morgan fingerprint density at radius 1 is 1.16 bits per heavy atom. The molecular formula is C16H17N5O4. The minimum Gasteiger partial charge on any atom is -0.367 e. The molecule has 0 saturated carbocycles. The number of nitrogens with zero attached hydrogens (tertiary/aromatic N) is 2. The lowest BCUT2D eigenvalue weighted by molar-refractivity contribution is -0.125. The number of carbonyl (C=O) groups excluding carboxylic acids is 3. The summed E-state index contributed by atoms with van der Waals surface area (Å²) in [5.74, 6) is -1.23. The molecule has 1 atom stereocenters. The van der Waals surface area contributed by atoms with E-state index in [2.05, 4.69) is 10.1 Å². The number of nitrogens with one attached hydrogen (secondary N) is 1. The van der Waals surface area contributed by atoms with Gasteiger partial charge in [-0.3, -0.25) is 24.5 Å². The molecule has 0 spiro atoms. The molecule has 0 radical (unpaired) electrons. The lowest BCUT2D eigenvalue weighted by atomic mass is 10.1. The Kier molecular flexibility index (Phi) is 4.97. The van der Waals surface area contributed by atoms with Gasteiger partial charge >= 0.3 is 6.03 Å². The molecule has 2 rings (SSSR count). The second-order valence-electron chi connectivity index (χ2n) is 5.34. The zero-order valence-corrected chi connectivity index (χ0v) is 13.6. The van der Waals surface area contributed by atoms with Gasteiger partial charge in [0.1, 0.15) is 0 Å². The van der Waals surface area contributed by atoms with Gasteiger partial charge in [0.25, 0.3) is 5.56 Å². The van der Waals surface area contributed by atoms with Crippen molar-refractivity contribution in [3.05, 3.63) is 51.5 Å². The standard InChI is InChI=1S/C16H17N5O4/c1-8-10(13(22)12(19-8)14(17)23)6-4-3-5-7-11-9(2)20-21(15(11)24)16(18)25/h3-7,12,20H,1-2H3,(H2,17,23)(H2,18,25)/b4-3+,7-5+,10-6+. The van der Waals surface area contributed by atoms with Crippen LogP contribution in [0.3, 0.4) is 0 Å². The van der Waals surface area contributed by atoms with Crippen LogP contribution in [-0.2, 0) is 9.59 Å². The van der Waals surface area contributed by atoms with Crippen LogP contribution in [-0.4, -0.2) is 39.3 Å². The molecule has 9 nitrogen and oxygen atoms in total. The van der Waals surface area contributed by atoms with Crippen LogP contribution < -0.4 is 17.0 Å². The number of nitrogens with two attached hydrogens (primary N) is 2. The summed E-state index contributed by atoms with van der Waals surface area (Å²) in [7, 11) is 0. The molecule has 1 unspecified atom stereocenters. The van der Waals surface area contributed by atoms with E-state index in [1.165, 1.54) is 12.2 Å². The normalized spacial score (nSPS) is 19.3. The molecule has 1 aliphatic rings. The van der Waals surface area contributed by atoms with Crippen molar-refractivity contribution in [2.45, 2.75) is 19.9 Å². The Morgan fingerprint density at radius 3 is 2.36 bits per heavy atom. The van der Waals surface area contributed by atoms with Gasteiger partial charge in [0.15, 0.2) is 11.8 Å². The zero-order chi connectivity index (χ0) is 18.7. The first-order valence-corrected chi connectivity index (χ1v) is 7.28. The number of aromatic nitrogens is 2. The van der Waals surface area contributed by atoms with E-state index >= 15 is 0 Å². The molecule has 0 aliphatic carbocycles. The van der Waals surface area contributed by atoms with Crippen LogP contribution in [0.2, 0.25) is 0 Å². The summed E-state index contributed by atoms with van der Waals surface area (Å²) in [4.78, 5) is 50.0. The minimum absolute atomic E-state index is 0.291. The van der Waals surface area contributed by atoms with Crippen molar-refractivity contribution >= 4 is 29.5 Å². The first-order valence-electron chi connectivity index (χ1n) is 7.28. The highest BCUT2D eigenvalue weighted by atomic mass is 16.2. The number of aromatic amines is 1. The topological polar surface area (TPSA) is 153 Å². The Morgan fingerprint density at radius 2 is 1.84 bits per heavy atom. The van der Waals surface area contributed by atoms with Gasteiger partial charge in [0.2, 0.25) is 5.91 Å². The predicted molar refractivity (Wildman–Crippen MR) is 92.1 cm³/mol. The summed E-state index contributed by atoms with van der Waals surface area (Å²) in [6, 6.07) is -2.06. The first kappa shape index (κ1) is 17.9. The number of aliphatic imine (C=N–C) groups is 1. The molecule has 2 amide bonds. The zero-order valence-electron chi connectivity index (χ0n) is 13.6. The lowest BCUT2D eigenvalue weighted by Gasteiger charge is -1.97. The summed E-state index contributed by atoms with van der Waals surface area (Å²) in [5, 5.41) is 2.56. The van der Waals surface area contributed by atoms with Crippen LogP contribution in [0.25, 0.3) is 6.08 Å². The maximum atomic E-state index is 12.0. The number of hydrogen-bond donors (Lipinski definition) is 3. The second kappa shape index (κ2) is 6.95. The highest BCUT2D eigenvalue weighted by Crippen LogP contribution is 2.15. The van der Waals surface area contributed by atoms with Crippen LogP contribution in [0, 0.1) is 6.92 Å². The molecule has 0 aromatic carbocycles. The summed E-state index contributed by atoms with van der Waals surface area (Å²) in [6.07, 6.45) is 7.75. The van der Waals surface area contributed by atoms with Crippen LogP contribution in [0.5, 0.6) is 0 Å². The van der Waals surface area contributed by atoms with E-state index in [0.29, 0.717) is 27.2 Å². The van der Waals surface area contributed by atoms with Gasteiger partial charge in [-0.05, 0) is 26.0 Å². The van der Waals surface area contributed by atoms with Gasteiger partial charge in [0, 0.05) is 17.0 Å². The Bertz CT molecular complexity index is 927. The third-order valence-electron chi connectivity index (χ3n) is 3.58. The molecule has 5 N–H and O–H groups in total. The van der Waals surface area contributed by atoms with Gasteiger partial charge in [-0.1, -0.05) is 18.2 Å². The fourth-order valence-electron chi connectivity index (χ4n) is 2.32. The highest BCUT2D eigenvalue weighted by Gasteiger charge is 2.33. The number of amides is 2. The van der Waals surface area contributed by atoms with Crippen molar-refractivity contribution in [2.24, 2.45) is 16.5 Å². The smallest absolute Gasteiger partial charge is 0.341 e. The summed E-state index contributed by atoms with van der Waals surface area (Å²) >= 11 is 0. The van der Waals surface area contributed by atoms with Crippen LogP contribution in [0.4, 0.5) is 4.79 Å². The maximum Gasteiger partial charge on any atom is 0.341 e. The van der Waals surface area contributed by atoms with Crippen molar-refractivity contribution in [3.63, 3.8) is 0 Å². The van der Waals surface area contributed by atoms with Crippen LogP contribution in [0.15, 0.2) is 39.7 Å². The van der Waals surface area contributed by atoms with Gasteiger partial charge in [-0.2, -0.15) is 4.68 Å². The Labute approximate surface area is 142 Å². The van der Waals surface area contributed by atoms with Gasteiger partial charge < -0.3 is 11.5 Å². The van der Waals surface area contributed by atoms with E-state index < -0.39 is 29.3 Å². The molecular weight excluding hydrogens is 326 g/mol. The number of ketones is 1. The fourth-order valence-corrected chi connectivity index (χ4v) is 2.32. The molecule has 1 aromatic heterocycles. The van der Waals surface area contributed by atoms with Crippen LogP contribution in [0.1, 0.15) is 18.2 Å². The van der Waals surface area contributed by atoms with Gasteiger partial charge in [-0.25, -0.2) is 4.79 Å². The van der Waals surface area contributed by atoms with Crippen LogP contribution >= 0.6 is 0 Å². The average Bonchev–Trinajstić information content (AvgIpc) is 2.98. The number of aryl methyl sites for hydroxylation is 1. The van der Waals surface area contributed by atoms with Crippen molar-refractivity contribution in [1.82, 2.24) is 9.78 Å². The number of carbonyl (C=O) groups is 3. The number of allylic oxidation sites excluding steroid dienone is 4. The monoisotopic (exact) mass is 343 g/mol. The lowest BCUT2D eigenvalue weighted by Crippen LogP contribution is -2.31. The van der Waals surface area contributed by atoms with Gasteiger partial charge in [-0.15, -0.1) is 0 Å². The number of primary amides is 2. The number of hydrogen-bond acceptors (Lipinski definition) is 5.